The molecule has 5 nitrogen and oxygen atoms in total. The van der Waals surface area contributed by atoms with Crippen molar-refractivity contribution in [3.63, 3.8) is 0 Å². The molecule has 0 unspecified atom stereocenters. The number of aryl methyl sites for hydroxylation is 2. The average Bonchev–Trinajstić information content (AvgIpc) is 2.48. The highest BCUT2D eigenvalue weighted by Crippen LogP contribution is 2.13. The third-order valence-corrected chi connectivity index (χ3v) is 3.85. The van der Waals surface area contributed by atoms with Gasteiger partial charge in [-0.1, -0.05) is 6.07 Å². The molecule has 1 heterocycles. The summed E-state index contributed by atoms with van der Waals surface area (Å²) in [5.41, 5.74) is 8.36. The third kappa shape index (κ3) is 2.99. The summed E-state index contributed by atoms with van der Waals surface area (Å²) in [6, 6.07) is 5.76. The normalized spacial score (nSPS) is 15.3. The molecule has 1 aliphatic rings. The van der Waals surface area contributed by atoms with Crippen LogP contribution in [0.4, 0.5) is 0 Å². The van der Waals surface area contributed by atoms with Crippen molar-refractivity contribution in [1.29, 1.82) is 0 Å². The summed E-state index contributed by atoms with van der Waals surface area (Å²) in [6.45, 7) is 6.32. The van der Waals surface area contributed by atoms with Gasteiger partial charge in [0.2, 0.25) is 5.91 Å². The zero-order valence-corrected chi connectivity index (χ0v) is 12.1. The highest BCUT2D eigenvalue weighted by Gasteiger charge is 2.24. The van der Waals surface area contributed by atoms with Crippen LogP contribution in [0.2, 0.25) is 0 Å². The zero-order chi connectivity index (χ0) is 14.7. The minimum atomic E-state index is -0.0525. The Balaban J connectivity index is 2.01. The van der Waals surface area contributed by atoms with Crippen LogP contribution in [-0.2, 0) is 4.79 Å². The van der Waals surface area contributed by atoms with E-state index in [-0.39, 0.29) is 18.4 Å². The maximum Gasteiger partial charge on any atom is 0.253 e. The predicted molar refractivity (Wildman–Crippen MR) is 77.5 cm³/mol. The van der Waals surface area contributed by atoms with Crippen LogP contribution in [0, 0.1) is 13.8 Å². The van der Waals surface area contributed by atoms with Gasteiger partial charge < -0.3 is 15.5 Å². The molecule has 0 radical (unpaired) electrons. The van der Waals surface area contributed by atoms with Gasteiger partial charge in [-0.15, -0.1) is 0 Å². The summed E-state index contributed by atoms with van der Waals surface area (Å²) in [7, 11) is 0. The highest BCUT2D eigenvalue weighted by atomic mass is 16.2. The van der Waals surface area contributed by atoms with Crippen LogP contribution in [0.5, 0.6) is 0 Å². The first-order valence-electron chi connectivity index (χ1n) is 6.87. The number of hydrogen-bond donors (Lipinski definition) is 1. The molecule has 1 saturated heterocycles. The van der Waals surface area contributed by atoms with Gasteiger partial charge in [0.1, 0.15) is 0 Å². The monoisotopic (exact) mass is 275 g/mol. The van der Waals surface area contributed by atoms with E-state index in [1.807, 2.05) is 32.0 Å². The zero-order valence-electron chi connectivity index (χ0n) is 12.1. The number of rotatable bonds is 2. The van der Waals surface area contributed by atoms with Gasteiger partial charge in [-0.25, -0.2) is 0 Å². The summed E-state index contributed by atoms with van der Waals surface area (Å²) >= 11 is 0. The van der Waals surface area contributed by atoms with Gasteiger partial charge in [-0.2, -0.15) is 0 Å². The van der Waals surface area contributed by atoms with Crippen LogP contribution in [0.15, 0.2) is 18.2 Å². The molecule has 2 N–H and O–H groups in total. The maximum atomic E-state index is 12.4. The van der Waals surface area contributed by atoms with Crippen LogP contribution in [-0.4, -0.2) is 54.3 Å². The largest absolute Gasteiger partial charge is 0.338 e. The van der Waals surface area contributed by atoms with E-state index in [0.717, 1.165) is 5.56 Å². The molecule has 0 atom stereocenters. The van der Waals surface area contributed by atoms with E-state index >= 15 is 0 Å². The Hall–Kier alpha value is -1.88. The fraction of sp³-hybridized carbons (Fsp3) is 0.467. The van der Waals surface area contributed by atoms with Crippen LogP contribution < -0.4 is 5.73 Å². The fourth-order valence-corrected chi connectivity index (χ4v) is 2.35. The minimum absolute atomic E-state index is 0.0328. The van der Waals surface area contributed by atoms with Crippen molar-refractivity contribution in [3.8, 4) is 0 Å². The van der Waals surface area contributed by atoms with Crippen molar-refractivity contribution in [1.82, 2.24) is 9.80 Å². The smallest absolute Gasteiger partial charge is 0.253 e. The lowest BCUT2D eigenvalue weighted by molar-refractivity contribution is -0.131. The molecule has 0 aliphatic carbocycles. The van der Waals surface area contributed by atoms with Gasteiger partial charge in [-0.3, -0.25) is 9.59 Å². The van der Waals surface area contributed by atoms with Gasteiger partial charge in [-0.05, 0) is 37.1 Å². The Morgan fingerprint density at radius 1 is 1.05 bits per heavy atom. The summed E-state index contributed by atoms with van der Waals surface area (Å²) in [5, 5.41) is 0. The highest BCUT2D eigenvalue weighted by molar-refractivity contribution is 5.94. The first-order valence-corrected chi connectivity index (χ1v) is 6.87. The fourth-order valence-electron chi connectivity index (χ4n) is 2.35. The van der Waals surface area contributed by atoms with Gasteiger partial charge in [0, 0.05) is 31.7 Å². The number of benzene rings is 1. The molecular formula is C15H21N3O2. The van der Waals surface area contributed by atoms with Crippen molar-refractivity contribution in [2.45, 2.75) is 13.8 Å². The first kappa shape index (κ1) is 14.5. The molecule has 20 heavy (non-hydrogen) atoms. The minimum Gasteiger partial charge on any atom is -0.338 e. The van der Waals surface area contributed by atoms with E-state index in [0.29, 0.717) is 31.7 Å². The quantitative estimate of drug-likeness (QED) is 0.857. The van der Waals surface area contributed by atoms with Gasteiger partial charge in [0.05, 0.1) is 6.54 Å². The van der Waals surface area contributed by atoms with Gasteiger partial charge in [0.15, 0.2) is 0 Å². The maximum absolute atomic E-state index is 12.4. The summed E-state index contributed by atoms with van der Waals surface area (Å²) in [4.78, 5) is 27.4. The molecule has 0 spiro atoms. The van der Waals surface area contributed by atoms with Crippen molar-refractivity contribution in [2.24, 2.45) is 5.73 Å². The topological polar surface area (TPSA) is 66.6 Å². The number of amides is 2. The molecule has 1 fully saturated rings. The number of nitrogens with two attached hydrogens (primary N) is 1. The van der Waals surface area contributed by atoms with E-state index in [2.05, 4.69) is 0 Å². The second kappa shape index (κ2) is 6.05. The number of hydrogen-bond acceptors (Lipinski definition) is 3. The average molecular weight is 275 g/mol. The molecule has 108 valence electrons. The van der Waals surface area contributed by atoms with Crippen molar-refractivity contribution in [3.05, 3.63) is 34.9 Å². The van der Waals surface area contributed by atoms with Crippen LogP contribution in [0.3, 0.4) is 0 Å². The van der Waals surface area contributed by atoms with E-state index in [1.54, 1.807) is 9.80 Å². The SMILES string of the molecule is Cc1ccc(C(=O)N2CCN(C(=O)CN)CC2)cc1C. The Labute approximate surface area is 119 Å². The third-order valence-electron chi connectivity index (χ3n) is 3.85. The van der Waals surface area contributed by atoms with Crippen LogP contribution >= 0.6 is 0 Å². The van der Waals surface area contributed by atoms with E-state index in [4.69, 9.17) is 5.73 Å². The number of piperazine rings is 1. The van der Waals surface area contributed by atoms with Gasteiger partial charge >= 0.3 is 0 Å². The Morgan fingerprint density at radius 3 is 2.20 bits per heavy atom. The summed E-state index contributed by atoms with van der Waals surface area (Å²) in [6.07, 6.45) is 0. The summed E-state index contributed by atoms with van der Waals surface area (Å²) < 4.78 is 0. The molecule has 1 aromatic rings. The Morgan fingerprint density at radius 2 is 1.65 bits per heavy atom. The molecule has 0 aromatic heterocycles. The van der Waals surface area contributed by atoms with E-state index in [9.17, 15) is 9.59 Å². The molecule has 0 saturated carbocycles. The molecule has 1 aromatic carbocycles. The van der Waals surface area contributed by atoms with E-state index < -0.39 is 0 Å². The Kier molecular flexibility index (Phi) is 4.39. The molecule has 1 aliphatic heterocycles. The van der Waals surface area contributed by atoms with Crippen LogP contribution in [0.25, 0.3) is 0 Å². The van der Waals surface area contributed by atoms with E-state index in [1.165, 1.54) is 5.56 Å². The molecule has 5 heteroatoms. The summed E-state index contributed by atoms with van der Waals surface area (Å²) in [5.74, 6) is -0.0174. The van der Waals surface area contributed by atoms with Gasteiger partial charge in [0.25, 0.3) is 5.91 Å². The van der Waals surface area contributed by atoms with Crippen molar-refractivity contribution < 1.29 is 9.59 Å². The lowest BCUT2D eigenvalue weighted by Gasteiger charge is -2.34. The number of carbonyl (C=O) groups excluding carboxylic acids is 2. The lowest BCUT2D eigenvalue weighted by atomic mass is 10.1. The standard InChI is InChI=1S/C15H21N3O2/c1-11-3-4-13(9-12(11)2)15(20)18-7-5-17(6-8-18)14(19)10-16/h3-4,9H,5-8,10,16H2,1-2H3. The van der Waals surface area contributed by atoms with Crippen molar-refractivity contribution in [2.75, 3.05) is 32.7 Å². The number of carbonyl (C=O) groups is 2. The first-order chi connectivity index (χ1) is 9.52. The second-order valence-corrected chi connectivity index (χ2v) is 5.18. The molecule has 0 bridgehead atoms. The second-order valence-electron chi connectivity index (χ2n) is 5.18. The number of nitrogens with zero attached hydrogens (tertiary/aromatic N) is 2. The molecule has 2 amide bonds. The molecule has 2 rings (SSSR count). The van der Waals surface area contributed by atoms with Crippen LogP contribution in [0.1, 0.15) is 21.5 Å². The molecular weight excluding hydrogens is 254 g/mol. The van der Waals surface area contributed by atoms with Crippen molar-refractivity contribution >= 4 is 11.8 Å². The predicted octanol–water partition coefficient (Wildman–Crippen LogP) is 0.547. The lowest BCUT2D eigenvalue weighted by Crippen LogP contribution is -2.51. The Bertz CT molecular complexity index is 520.